The predicted octanol–water partition coefficient (Wildman–Crippen LogP) is 3.39. The first-order chi connectivity index (χ1) is 14.6. The van der Waals surface area contributed by atoms with Crippen molar-refractivity contribution in [1.29, 1.82) is 0 Å². The number of aliphatic carboxylic acids is 1. The van der Waals surface area contributed by atoms with Gasteiger partial charge < -0.3 is 15.7 Å². The molecule has 3 N–H and O–H groups in total. The molecule has 0 heterocycles. The minimum Gasteiger partial charge on any atom is -0.480 e. The van der Waals surface area contributed by atoms with Crippen LogP contribution in [0.3, 0.4) is 0 Å². The number of hydrogen-bond donors (Lipinski definition) is 4. The predicted molar refractivity (Wildman–Crippen MR) is 112 cm³/mol. The molecule has 0 aromatic heterocycles. The first-order valence-corrected chi connectivity index (χ1v) is 9.88. The van der Waals surface area contributed by atoms with E-state index in [9.17, 15) is 32.7 Å². The first-order valence-electron chi connectivity index (χ1n) is 9.25. The molecule has 0 aliphatic carbocycles. The molecule has 10 heteroatoms. The Morgan fingerprint density at radius 3 is 2.13 bits per heavy atom. The maximum Gasteiger partial charge on any atom is 0.416 e. The van der Waals surface area contributed by atoms with E-state index in [1.807, 2.05) is 30.3 Å². The van der Waals surface area contributed by atoms with E-state index in [0.717, 1.165) is 29.8 Å². The Morgan fingerprint density at radius 2 is 1.61 bits per heavy atom. The number of carboxylic acids is 1. The molecule has 31 heavy (non-hydrogen) atoms. The minimum atomic E-state index is -4.51. The average Bonchev–Trinajstić information content (AvgIpc) is 2.71. The SMILES string of the molecule is O=C(CC(NC(=O)C(CS)Cc1ccccc1)C(=O)O)Nc1ccc(C(F)(F)F)cc1. The molecule has 2 atom stereocenters. The van der Waals surface area contributed by atoms with Gasteiger partial charge in [-0.25, -0.2) is 4.79 Å². The van der Waals surface area contributed by atoms with Gasteiger partial charge in [-0.3, -0.25) is 9.59 Å². The van der Waals surface area contributed by atoms with Crippen molar-refractivity contribution in [2.75, 3.05) is 11.1 Å². The van der Waals surface area contributed by atoms with E-state index in [0.29, 0.717) is 6.42 Å². The van der Waals surface area contributed by atoms with Crippen molar-refractivity contribution in [2.24, 2.45) is 5.92 Å². The number of halogens is 3. The van der Waals surface area contributed by atoms with Crippen LogP contribution in [-0.2, 0) is 27.0 Å². The lowest BCUT2D eigenvalue weighted by molar-refractivity contribution is -0.143. The second-order valence-corrected chi connectivity index (χ2v) is 7.16. The highest BCUT2D eigenvalue weighted by Gasteiger charge is 2.30. The maximum absolute atomic E-state index is 12.6. The Kier molecular flexibility index (Phi) is 8.49. The topological polar surface area (TPSA) is 95.5 Å². The number of benzene rings is 2. The number of hydrogen-bond acceptors (Lipinski definition) is 4. The third-order valence-corrected chi connectivity index (χ3v) is 4.86. The van der Waals surface area contributed by atoms with Crippen molar-refractivity contribution in [1.82, 2.24) is 5.32 Å². The highest BCUT2D eigenvalue weighted by Crippen LogP contribution is 2.29. The van der Waals surface area contributed by atoms with Gasteiger partial charge in [0.15, 0.2) is 0 Å². The van der Waals surface area contributed by atoms with Gasteiger partial charge in [0, 0.05) is 11.4 Å². The third kappa shape index (κ3) is 7.63. The van der Waals surface area contributed by atoms with Gasteiger partial charge in [-0.1, -0.05) is 30.3 Å². The van der Waals surface area contributed by atoms with Crippen LogP contribution in [0.1, 0.15) is 17.5 Å². The minimum absolute atomic E-state index is 0.0748. The highest BCUT2D eigenvalue weighted by atomic mass is 32.1. The Labute approximate surface area is 182 Å². The van der Waals surface area contributed by atoms with Gasteiger partial charge in [-0.15, -0.1) is 0 Å². The zero-order valence-corrected chi connectivity index (χ0v) is 17.1. The van der Waals surface area contributed by atoms with Crippen LogP contribution in [-0.4, -0.2) is 34.7 Å². The monoisotopic (exact) mass is 454 g/mol. The van der Waals surface area contributed by atoms with Crippen LogP contribution in [0.5, 0.6) is 0 Å². The van der Waals surface area contributed by atoms with Crippen molar-refractivity contribution >= 4 is 36.1 Å². The highest BCUT2D eigenvalue weighted by molar-refractivity contribution is 7.80. The molecule has 0 aliphatic rings. The molecule has 6 nitrogen and oxygen atoms in total. The fourth-order valence-corrected chi connectivity index (χ4v) is 3.06. The number of nitrogens with one attached hydrogen (secondary N) is 2. The molecule has 0 aliphatic heterocycles. The fraction of sp³-hybridized carbons (Fsp3) is 0.286. The second kappa shape index (κ2) is 10.9. The van der Waals surface area contributed by atoms with Gasteiger partial charge >= 0.3 is 12.1 Å². The summed E-state index contributed by atoms with van der Waals surface area (Å²) in [5.74, 6) is -3.17. The molecule has 0 fully saturated rings. The standard InChI is InChI=1S/C21H21F3N2O4S/c22-21(23,24)15-6-8-16(9-7-15)25-18(27)11-17(20(29)30)26-19(28)14(12-31)10-13-4-2-1-3-5-13/h1-9,14,17,31H,10-12H2,(H,25,27)(H,26,28)(H,29,30). The number of carboxylic acid groups (broad SMARTS) is 1. The first kappa shape index (κ1) is 24.3. The van der Waals surface area contributed by atoms with Gasteiger partial charge in [-0.2, -0.15) is 25.8 Å². The molecule has 0 saturated carbocycles. The van der Waals surface area contributed by atoms with Crippen LogP contribution in [0.25, 0.3) is 0 Å². The van der Waals surface area contributed by atoms with Crippen LogP contribution in [0.2, 0.25) is 0 Å². The van der Waals surface area contributed by atoms with Crippen molar-refractivity contribution < 1.29 is 32.7 Å². The quantitative estimate of drug-likeness (QED) is 0.437. The molecule has 166 valence electrons. The van der Waals surface area contributed by atoms with E-state index in [1.54, 1.807) is 0 Å². The summed E-state index contributed by atoms with van der Waals surface area (Å²) in [6, 6.07) is 11.3. The lowest BCUT2D eigenvalue weighted by atomic mass is 9.99. The van der Waals surface area contributed by atoms with E-state index < -0.39 is 47.9 Å². The third-order valence-electron chi connectivity index (χ3n) is 4.42. The molecule has 2 aromatic carbocycles. The van der Waals surface area contributed by atoms with Crippen LogP contribution in [0.4, 0.5) is 18.9 Å². The van der Waals surface area contributed by atoms with Gasteiger partial charge in [0.05, 0.1) is 17.9 Å². The molecule has 0 spiro atoms. The number of rotatable bonds is 9. The van der Waals surface area contributed by atoms with E-state index in [2.05, 4.69) is 23.3 Å². The number of carbonyl (C=O) groups is 3. The number of thiol groups is 1. The molecular weight excluding hydrogens is 433 g/mol. The molecule has 2 rings (SSSR count). The van der Waals surface area contributed by atoms with E-state index >= 15 is 0 Å². The van der Waals surface area contributed by atoms with Crippen LogP contribution in [0.15, 0.2) is 54.6 Å². The normalized spacial score (nSPS) is 13.2. The number of carbonyl (C=O) groups excluding carboxylic acids is 2. The largest absolute Gasteiger partial charge is 0.480 e. The summed E-state index contributed by atoms with van der Waals surface area (Å²) in [6.07, 6.45) is -4.75. The Hall–Kier alpha value is -3.01. The molecule has 2 amide bonds. The molecular formula is C21H21F3N2O4S. The Morgan fingerprint density at radius 1 is 1.00 bits per heavy atom. The van der Waals surface area contributed by atoms with Crippen molar-refractivity contribution in [2.45, 2.75) is 25.1 Å². The smallest absolute Gasteiger partial charge is 0.416 e. The van der Waals surface area contributed by atoms with Crippen molar-refractivity contribution in [3.05, 3.63) is 65.7 Å². The summed E-state index contributed by atoms with van der Waals surface area (Å²) in [7, 11) is 0. The lowest BCUT2D eigenvalue weighted by Gasteiger charge is -2.19. The summed E-state index contributed by atoms with van der Waals surface area (Å²) in [5.41, 5.74) is 0.0757. The second-order valence-electron chi connectivity index (χ2n) is 6.80. The van der Waals surface area contributed by atoms with Crippen LogP contribution < -0.4 is 10.6 Å². The molecule has 0 bridgehead atoms. The molecule has 0 saturated heterocycles. The van der Waals surface area contributed by atoms with Crippen LogP contribution in [0, 0.1) is 5.92 Å². The van der Waals surface area contributed by atoms with Crippen molar-refractivity contribution in [3.8, 4) is 0 Å². The lowest BCUT2D eigenvalue weighted by Crippen LogP contribution is -2.46. The summed E-state index contributed by atoms with van der Waals surface area (Å²) < 4.78 is 37.8. The summed E-state index contributed by atoms with van der Waals surface area (Å²) in [4.78, 5) is 36.2. The fourth-order valence-electron chi connectivity index (χ4n) is 2.77. The average molecular weight is 454 g/mol. The number of anilines is 1. The summed E-state index contributed by atoms with van der Waals surface area (Å²) in [5, 5.41) is 14.0. The summed E-state index contributed by atoms with van der Waals surface area (Å²) >= 11 is 4.16. The van der Waals surface area contributed by atoms with Gasteiger partial charge in [0.2, 0.25) is 11.8 Å². The van der Waals surface area contributed by atoms with Gasteiger partial charge in [-0.05, 0) is 36.2 Å². The van der Waals surface area contributed by atoms with Crippen LogP contribution >= 0.6 is 12.6 Å². The maximum atomic E-state index is 12.6. The van der Waals surface area contributed by atoms with E-state index in [4.69, 9.17) is 0 Å². The zero-order valence-electron chi connectivity index (χ0n) is 16.2. The molecule has 2 unspecified atom stereocenters. The molecule has 2 aromatic rings. The van der Waals surface area contributed by atoms with Crippen molar-refractivity contribution in [3.63, 3.8) is 0 Å². The van der Waals surface area contributed by atoms with Gasteiger partial charge in [0.25, 0.3) is 0 Å². The zero-order chi connectivity index (χ0) is 23.0. The Bertz CT molecular complexity index is 905. The Balaban J connectivity index is 1.97. The number of alkyl halides is 3. The van der Waals surface area contributed by atoms with E-state index in [-0.39, 0.29) is 11.4 Å². The molecule has 0 radical (unpaired) electrons. The van der Waals surface area contributed by atoms with Gasteiger partial charge in [0.1, 0.15) is 6.04 Å². The van der Waals surface area contributed by atoms with E-state index in [1.165, 1.54) is 0 Å². The summed E-state index contributed by atoms with van der Waals surface area (Å²) in [6.45, 7) is 0. The number of amides is 2.